The maximum Gasteiger partial charge on any atom is 0.417 e. The molecular weight excluding hydrogens is 317 g/mol. The van der Waals surface area contributed by atoms with Crippen LogP contribution in [-0.4, -0.2) is 11.1 Å². The zero-order valence-corrected chi connectivity index (χ0v) is 13.4. The fourth-order valence-electron chi connectivity index (χ4n) is 2.91. The van der Waals surface area contributed by atoms with Crippen molar-refractivity contribution in [2.45, 2.75) is 38.8 Å². The first-order valence-corrected chi connectivity index (χ1v) is 7.83. The van der Waals surface area contributed by atoms with Gasteiger partial charge >= 0.3 is 12.1 Å². The standard InChI is InChI=1S/C19H19F3O2/c1-2-6-13-7-3-4-8-14(13)11-12-15-9-5-10-16(18(23)24)17(15)19(20,21)22/h3-5,7-10H,2,6,11-12H2,1H3,(H,23,24). The van der Waals surface area contributed by atoms with Crippen LogP contribution in [0, 0.1) is 0 Å². The highest BCUT2D eigenvalue weighted by Crippen LogP contribution is 2.35. The molecule has 0 heterocycles. The van der Waals surface area contributed by atoms with Gasteiger partial charge in [0.1, 0.15) is 0 Å². The molecule has 2 nitrogen and oxygen atoms in total. The fraction of sp³-hybridized carbons (Fsp3) is 0.316. The molecule has 0 fully saturated rings. The summed E-state index contributed by atoms with van der Waals surface area (Å²) < 4.78 is 40.0. The summed E-state index contributed by atoms with van der Waals surface area (Å²) in [5, 5.41) is 9.05. The zero-order chi connectivity index (χ0) is 17.7. The summed E-state index contributed by atoms with van der Waals surface area (Å²) in [5.41, 5.74) is 0.428. The molecule has 0 atom stereocenters. The van der Waals surface area contributed by atoms with Crippen LogP contribution in [-0.2, 0) is 25.4 Å². The maximum absolute atomic E-state index is 13.3. The molecule has 0 aliphatic carbocycles. The average molecular weight is 336 g/mol. The minimum atomic E-state index is -4.69. The number of carboxylic acids is 1. The number of benzene rings is 2. The Morgan fingerprint density at radius 2 is 1.46 bits per heavy atom. The first-order chi connectivity index (χ1) is 11.3. The van der Waals surface area contributed by atoms with Crippen LogP contribution < -0.4 is 0 Å². The van der Waals surface area contributed by atoms with Crippen molar-refractivity contribution in [2.75, 3.05) is 0 Å². The van der Waals surface area contributed by atoms with Gasteiger partial charge in [-0.2, -0.15) is 13.2 Å². The van der Waals surface area contributed by atoms with Crippen molar-refractivity contribution in [3.8, 4) is 0 Å². The Balaban J connectivity index is 2.34. The molecule has 24 heavy (non-hydrogen) atoms. The minimum absolute atomic E-state index is 0.0219. The van der Waals surface area contributed by atoms with Gasteiger partial charge in [-0.1, -0.05) is 49.7 Å². The normalized spacial score (nSPS) is 11.5. The first-order valence-electron chi connectivity index (χ1n) is 7.83. The van der Waals surface area contributed by atoms with Gasteiger partial charge in [-0.25, -0.2) is 4.79 Å². The quantitative estimate of drug-likeness (QED) is 0.793. The summed E-state index contributed by atoms with van der Waals surface area (Å²) in [6, 6.07) is 11.4. The molecule has 0 unspecified atom stereocenters. The van der Waals surface area contributed by atoms with E-state index in [1.165, 1.54) is 12.1 Å². The molecule has 0 amide bonds. The number of aromatic carboxylic acids is 1. The zero-order valence-electron chi connectivity index (χ0n) is 13.4. The highest BCUT2D eigenvalue weighted by atomic mass is 19.4. The molecule has 0 saturated carbocycles. The molecule has 5 heteroatoms. The smallest absolute Gasteiger partial charge is 0.417 e. The van der Waals surface area contributed by atoms with Crippen LogP contribution in [0.3, 0.4) is 0 Å². The van der Waals surface area contributed by atoms with Crippen molar-refractivity contribution in [1.29, 1.82) is 0 Å². The molecule has 2 rings (SSSR count). The molecule has 0 aromatic heterocycles. The molecule has 2 aromatic rings. The lowest BCUT2D eigenvalue weighted by molar-refractivity contribution is -0.138. The van der Waals surface area contributed by atoms with E-state index in [1.807, 2.05) is 24.3 Å². The van der Waals surface area contributed by atoms with E-state index in [9.17, 15) is 18.0 Å². The highest BCUT2D eigenvalue weighted by molar-refractivity contribution is 5.90. The van der Waals surface area contributed by atoms with Crippen molar-refractivity contribution in [3.05, 3.63) is 70.3 Å². The topological polar surface area (TPSA) is 37.3 Å². The minimum Gasteiger partial charge on any atom is -0.478 e. The van der Waals surface area contributed by atoms with Gasteiger partial charge < -0.3 is 5.11 Å². The van der Waals surface area contributed by atoms with Gasteiger partial charge in [0.15, 0.2) is 0 Å². The second kappa shape index (κ2) is 7.51. The Hall–Kier alpha value is -2.30. The van der Waals surface area contributed by atoms with Gasteiger partial charge in [-0.05, 0) is 42.0 Å². The summed E-state index contributed by atoms with van der Waals surface area (Å²) in [5.74, 6) is -1.56. The Morgan fingerprint density at radius 1 is 0.917 bits per heavy atom. The second-order valence-electron chi connectivity index (χ2n) is 5.66. The largest absolute Gasteiger partial charge is 0.478 e. The van der Waals surface area contributed by atoms with E-state index >= 15 is 0 Å². The van der Waals surface area contributed by atoms with Crippen LogP contribution in [0.5, 0.6) is 0 Å². The molecule has 0 spiro atoms. The lowest BCUT2D eigenvalue weighted by Gasteiger charge is -2.16. The molecule has 1 N–H and O–H groups in total. The van der Waals surface area contributed by atoms with Gasteiger partial charge in [0.05, 0.1) is 11.1 Å². The number of alkyl halides is 3. The third-order valence-corrected chi connectivity index (χ3v) is 3.97. The molecule has 0 radical (unpaired) electrons. The van der Waals surface area contributed by atoms with Crippen molar-refractivity contribution in [1.82, 2.24) is 0 Å². The number of carbonyl (C=O) groups is 1. The van der Waals surface area contributed by atoms with Crippen molar-refractivity contribution in [2.24, 2.45) is 0 Å². The van der Waals surface area contributed by atoms with Crippen LogP contribution in [0.1, 0.15) is 46.0 Å². The number of carboxylic acid groups (broad SMARTS) is 1. The van der Waals surface area contributed by atoms with E-state index < -0.39 is 23.3 Å². The van der Waals surface area contributed by atoms with Crippen molar-refractivity contribution < 1.29 is 23.1 Å². The van der Waals surface area contributed by atoms with Crippen LogP contribution in [0.15, 0.2) is 42.5 Å². The van der Waals surface area contributed by atoms with E-state index in [0.717, 1.165) is 30.0 Å². The summed E-state index contributed by atoms with van der Waals surface area (Å²) in [6.45, 7) is 2.05. The molecule has 0 aliphatic rings. The van der Waals surface area contributed by atoms with E-state index in [2.05, 4.69) is 6.92 Å². The number of hydrogen-bond acceptors (Lipinski definition) is 1. The summed E-state index contributed by atoms with van der Waals surface area (Å²) >= 11 is 0. The van der Waals surface area contributed by atoms with E-state index in [1.54, 1.807) is 0 Å². The number of hydrogen-bond donors (Lipinski definition) is 1. The lowest BCUT2D eigenvalue weighted by atomic mass is 9.93. The monoisotopic (exact) mass is 336 g/mol. The second-order valence-corrected chi connectivity index (χ2v) is 5.66. The average Bonchev–Trinajstić information content (AvgIpc) is 2.53. The fourth-order valence-corrected chi connectivity index (χ4v) is 2.91. The SMILES string of the molecule is CCCc1ccccc1CCc1cccc(C(=O)O)c1C(F)(F)F. The van der Waals surface area contributed by atoms with Crippen LogP contribution in [0.2, 0.25) is 0 Å². The molecule has 0 aliphatic heterocycles. The van der Waals surface area contributed by atoms with Gasteiger partial charge in [0, 0.05) is 0 Å². The number of rotatable bonds is 6. The van der Waals surface area contributed by atoms with Gasteiger partial charge in [-0.3, -0.25) is 0 Å². The van der Waals surface area contributed by atoms with Crippen molar-refractivity contribution in [3.63, 3.8) is 0 Å². The lowest BCUT2D eigenvalue weighted by Crippen LogP contribution is -2.16. The van der Waals surface area contributed by atoms with Crippen LogP contribution in [0.25, 0.3) is 0 Å². The molecule has 0 saturated heterocycles. The first kappa shape index (κ1) is 18.0. The Kier molecular flexibility index (Phi) is 5.65. The molecule has 0 bridgehead atoms. The number of halogens is 3. The van der Waals surface area contributed by atoms with E-state index in [4.69, 9.17) is 5.11 Å². The number of aryl methyl sites for hydroxylation is 3. The third-order valence-electron chi connectivity index (χ3n) is 3.97. The summed E-state index contributed by atoms with van der Waals surface area (Å²) in [4.78, 5) is 11.1. The predicted molar refractivity (Wildman–Crippen MR) is 86.2 cm³/mol. The van der Waals surface area contributed by atoms with E-state index in [0.29, 0.717) is 6.42 Å². The van der Waals surface area contributed by atoms with Crippen LogP contribution >= 0.6 is 0 Å². The third kappa shape index (κ3) is 4.16. The molecular formula is C19H19F3O2. The predicted octanol–water partition coefficient (Wildman–Crippen LogP) is 5.14. The Morgan fingerprint density at radius 3 is 2.00 bits per heavy atom. The molecule has 2 aromatic carbocycles. The summed E-state index contributed by atoms with van der Waals surface area (Å²) in [6.07, 6.45) is -2.26. The van der Waals surface area contributed by atoms with E-state index in [-0.39, 0.29) is 12.0 Å². The summed E-state index contributed by atoms with van der Waals surface area (Å²) in [7, 11) is 0. The Bertz CT molecular complexity index is 721. The van der Waals surface area contributed by atoms with Gasteiger partial charge in [0.2, 0.25) is 0 Å². The van der Waals surface area contributed by atoms with Gasteiger partial charge in [-0.15, -0.1) is 0 Å². The van der Waals surface area contributed by atoms with Gasteiger partial charge in [0.25, 0.3) is 0 Å². The molecule has 128 valence electrons. The van der Waals surface area contributed by atoms with Crippen LogP contribution in [0.4, 0.5) is 13.2 Å². The van der Waals surface area contributed by atoms with Crippen molar-refractivity contribution >= 4 is 5.97 Å². The maximum atomic E-state index is 13.3. The highest BCUT2D eigenvalue weighted by Gasteiger charge is 2.37. The Labute approximate surface area is 138 Å².